The van der Waals surface area contributed by atoms with Crippen molar-refractivity contribution in [2.75, 3.05) is 12.0 Å². The van der Waals surface area contributed by atoms with Crippen molar-refractivity contribution in [2.45, 2.75) is 32.2 Å². The molecular weight excluding hydrogens is 228 g/mol. The molecule has 1 amide bonds. The third kappa shape index (κ3) is 1.75. The highest BCUT2D eigenvalue weighted by atomic mass is 16.2. The van der Waals surface area contributed by atoms with Gasteiger partial charge in [-0.2, -0.15) is 0 Å². The molecule has 2 unspecified atom stereocenters. The molecule has 5 nitrogen and oxygen atoms in total. The number of likely N-dealkylation sites (tertiary alicyclic amines) is 1. The van der Waals surface area contributed by atoms with Crippen LogP contribution in [0.15, 0.2) is 12.3 Å². The van der Waals surface area contributed by atoms with Crippen LogP contribution >= 0.6 is 0 Å². The summed E-state index contributed by atoms with van der Waals surface area (Å²) in [7, 11) is 0. The molecule has 2 heterocycles. The molecule has 2 bridgehead atoms. The van der Waals surface area contributed by atoms with E-state index in [2.05, 4.69) is 10.4 Å². The first-order valence-corrected chi connectivity index (χ1v) is 6.43. The molecule has 3 N–H and O–H groups in total. The van der Waals surface area contributed by atoms with Crippen LogP contribution in [0.4, 0.5) is 5.69 Å². The Balaban J connectivity index is 1.88. The van der Waals surface area contributed by atoms with E-state index in [9.17, 15) is 4.79 Å². The predicted octanol–water partition coefficient (Wildman–Crippen LogP) is 1.30. The van der Waals surface area contributed by atoms with E-state index in [0.717, 1.165) is 25.1 Å². The van der Waals surface area contributed by atoms with Gasteiger partial charge in [0.2, 0.25) is 0 Å². The highest BCUT2D eigenvalue weighted by Gasteiger charge is 2.40. The highest BCUT2D eigenvalue weighted by Crippen LogP contribution is 2.38. The largest absolute Gasteiger partial charge is 0.335 e. The number of carbonyl (C=O) groups excluding carboxylic acids is 1. The highest BCUT2D eigenvalue weighted by molar-refractivity contribution is 5.99. The van der Waals surface area contributed by atoms with Gasteiger partial charge in [-0.25, -0.2) is 0 Å². The van der Waals surface area contributed by atoms with Crippen LogP contribution in [0.25, 0.3) is 0 Å². The van der Waals surface area contributed by atoms with Crippen molar-refractivity contribution in [3.63, 3.8) is 0 Å². The van der Waals surface area contributed by atoms with E-state index < -0.39 is 0 Å². The molecule has 2 atom stereocenters. The molecule has 0 aromatic carbocycles. The smallest absolute Gasteiger partial charge is 0.257 e. The molecule has 1 saturated heterocycles. The van der Waals surface area contributed by atoms with E-state index in [1.165, 1.54) is 6.42 Å². The van der Waals surface area contributed by atoms with Crippen LogP contribution in [-0.4, -0.2) is 28.4 Å². The Labute approximate surface area is 106 Å². The first-order valence-electron chi connectivity index (χ1n) is 6.43. The molecule has 1 aliphatic heterocycles. The molecule has 0 radical (unpaired) electrons. The zero-order valence-electron chi connectivity index (χ0n) is 10.5. The molecule has 1 aromatic heterocycles. The second-order valence-corrected chi connectivity index (χ2v) is 5.31. The lowest BCUT2D eigenvalue weighted by molar-refractivity contribution is 0.0704. The number of nitrogens with two attached hydrogens (primary N) is 1. The van der Waals surface area contributed by atoms with Crippen LogP contribution < -0.4 is 11.3 Å². The van der Waals surface area contributed by atoms with Crippen molar-refractivity contribution in [2.24, 2.45) is 11.8 Å². The average Bonchev–Trinajstić information content (AvgIpc) is 3.00. The third-order valence-electron chi connectivity index (χ3n) is 4.10. The fourth-order valence-electron chi connectivity index (χ4n) is 3.18. The van der Waals surface area contributed by atoms with Gasteiger partial charge in [-0.1, -0.05) is 0 Å². The summed E-state index contributed by atoms with van der Waals surface area (Å²) in [6, 6.07) is 2.23. The minimum atomic E-state index is 0.0580. The number of nitrogens with one attached hydrogen (secondary N) is 1. The number of hydrogen-bond donors (Lipinski definition) is 2. The van der Waals surface area contributed by atoms with E-state index in [1.807, 2.05) is 17.9 Å². The zero-order chi connectivity index (χ0) is 12.7. The van der Waals surface area contributed by atoms with Gasteiger partial charge in [0.15, 0.2) is 0 Å². The molecule has 96 valence electrons. The summed E-state index contributed by atoms with van der Waals surface area (Å²) < 4.78 is 0. The Bertz CT molecular complexity index is 488. The summed E-state index contributed by atoms with van der Waals surface area (Å²) in [6.07, 6.45) is 5.19. The van der Waals surface area contributed by atoms with E-state index >= 15 is 0 Å². The number of amides is 1. The Kier molecular flexibility index (Phi) is 2.70. The minimum absolute atomic E-state index is 0.0580. The second kappa shape index (κ2) is 4.24. The van der Waals surface area contributed by atoms with Crippen molar-refractivity contribution in [3.8, 4) is 0 Å². The Morgan fingerprint density at radius 2 is 2.39 bits per heavy atom. The average molecular weight is 246 g/mol. The number of rotatable bonds is 2. The number of nitrogen functional groups attached to an aromatic ring is 1. The van der Waals surface area contributed by atoms with Gasteiger partial charge in [0.05, 0.1) is 11.3 Å². The van der Waals surface area contributed by atoms with E-state index in [0.29, 0.717) is 23.2 Å². The lowest BCUT2D eigenvalue weighted by atomic mass is 10.1. The predicted molar refractivity (Wildman–Crippen MR) is 68.9 cm³/mol. The van der Waals surface area contributed by atoms with Gasteiger partial charge in [-0.15, -0.1) is 0 Å². The van der Waals surface area contributed by atoms with Gasteiger partial charge >= 0.3 is 0 Å². The van der Waals surface area contributed by atoms with Crippen LogP contribution in [-0.2, 0) is 0 Å². The molecule has 18 heavy (non-hydrogen) atoms. The van der Waals surface area contributed by atoms with Crippen molar-refractivity contribution < 1.29 is 4.79 Å². The number of hydrogen-bond acceptors (Lipinski definition) is 4. The van der Waals surface area contributed by atoms with Gasteiger partial charge in [-0.05, 0) is 38.2 Å². The van der Waals surface area contributed by atoms with E-state index in [4.69, 9.17) is 5.84 Å². The summed E-state index contributed by atoms with van der Waals surface area (Å²) in [5.41, 5.74) is 4.69. The topological polar surface area (TPSA) is 71.2 Å². The Morgan fingerprint density at radius 1 is 1.56 bits per heavy atom. The lowest BCUT2D eigenvalue weighted by Crippen LogP contribution is -2.38. The molecule has 1 saturated carbocycles. The fourth-order valence-corrected chi connectivity index (χ4v) is 3.18. The Morgan fingerprint density at radius 3 is 3.00 bits per heavy atom. The number of nitrogens with zero attached hydrogens (tertiary/aromatic N) is 2. The lowest BCUT2D eigenvalue weighted by Gasteiger charge is -2.27. The number of carbonyl (C=O) groups is 1. The van der Waals surface area contributed by atoms with Crippen LogP contribution in [0.5, 0.6) is 0 Å². The second-order valence-electron chi connectivity index (χ2n) is 5.31. The standard InChI is InChI=1S/C13H18N4O/c1-8-4-12(16-14)11(6-15-8)13(18)17-7-9-2-3-10(17)5-9/h4,6,9-10H,2-3,5,7,14H2,1H3,(H,15,16). The van der Waals surface area contributed by atoms with Gasteiger partial charge in [-0.3, -0.25) is 15.6 Å². The van der Waals surface area contributed by atoms with Crippen LogP contribution in [0.3, 0.4) is 0 Å². The van der Waals surface area contributed by atoms with Crippen LogP contribution in [0, 0.1) is 12.8 Å². The van der Waals surface area contributed by atoms with Gasteiger partial charge in [0, 0.05) is 24.5 Å². The third-order valence-corrected chi connectivity index (χ3v) is 4.10. The van der Waals surface area contributed by atoms with E-state index in [-0.39, 0.29) is 5.91 Å². The molecule has 1 aliphatic carbocycles. The van der Waals surface area contributed by atoms with E-state index in [1.54, 1.807) is 6.20 Å². The molecule has 2 aliphatic rings. The molecule has 3 rings (SSSR count). The summed E-state index contributed by atoms with van der Waals surface area (Å²) in [4.78, 5) is 18.7. The summed E-state index contributed by atoms with van der Waals surface area (Å²) in [6.45, 7) is 2.77. The van der Waals surface area contributed by atoms with Crippen molar-refractivity contribution in [3.05, 3.63) is 23.5 Å². The molecule has 2 fully saturated rings. The SMILES string of the molecule is Cc1cc(NN)c(C(=O)N2CC3CCC2C3)cn1. The maximum absolute atomic E-state index is 12.5. The van der Waals surface area contributed by atoms with Gasteiger partial charge < -0.3 is 10.3 Å². The van der Waals surface area contributed by atoms with Crippen molar-refractivity contribution in [1.29, 1.82) is 0 Å². The Hall–Kier alpha value is -1.62. The first-order chi connectivity index (χ1) is 8.69. The number of piperidine rings is 1. The maximum atomic E-state index is 12.5. The van der Waals surface area contributed by atoms with Gasteiger partial charge in [0.1, 0.15) is 0 Å². The first kappa shape index (κ1) is 11.5. The summed E-state index contributed by atoms with van der Waals surface area (Å²) in [5.74, 6) is 6.24. The summed E-state index contributed by atoms with van der Waals surface area (Å²) >= 11 is 0. The van der Waals surface area contributed by atoms with Gasteiger partial charge in [0.25, 0.3) is 5.91 Å². The number of aromatic nitrogens is 1. The molecule has 1 aromatic rings. The monoisotopic (exact) mass is 246 g/mol. The quantitative estimate of drug-likeness (QED) is 0.609. The normalized spacial score (nSPS) is 25.6. The molecule has 0 spiro atoms. The number of anilines is 1. The number of aryl methyl sites for hydroxylation is 1. The number of fused-ring (bicyclic) bond motifs is 2. The van der Waals surface area contributed by atoms with Crippen molar-refractivity contribution in [1.82, 2.24) is 9.88 Å². The number of hydrazine groups is 1. The molecule has 5 heteroatoms. The van der Waals surface area contributed by atoms with Crippen molar-refractivity contribution >= 4 is 11.6 Å². The summed E-state index contributed by atoms with van der Waals surface area (Å²) in [5, 5.41) is 0. The number of pyridine rings is 1. The fraction of sp³-hybridized carbons (Fsp3) is 0.538. The molecular formula is C13H18N4O. The van der Waals surface area contributed by atoms with Crippen LogP contribution in [0.1, 0.15) is 35.3 Å². The minimum Gasteiger partial charge on any atom is -0.335 e. The zero-order valence-corrected chi connectivity index (χ0v) is 10.5. The maximum Gasteiger partial charge on any atom is 0.257 e. The van der Waals surface area contributed by atoms with Crippen LogP contribution in [0.2, 0.25) is 0 Å².